The number of nitrogens with zero attached hydrogens (tertiary/aromatic N) is 1. The van der Waals surface area contributed by atoms with Crippen molar-refractivity contribution in [1.29, 1.82) is 0 Å². The molecular weight excluding hydrogens is 290 g/mol. The summed E-state index contributed by atoms with van der Waals surface area (Å²) in [6.45, 7) is 2.89. The Kier molecular flexibility index (Phi) is 4.24. The standard InChI is InChI=1S/C11H15NO5S2/c1-8-7-17-5-4-12(8)19(15,16)11-3-2-9(18-11)6-10(13)14/h2-3,8H,4-7H2,1H3,(H,13,14). The van der Waals surface area contributed by atoms with Crippen LogP contribution in [-0.4, -0.2) is 49.6 Å². The zero-order chi connectivity index (χ0) is 14.0. The zero-order valence-corrected chi connectivity index (χ0v) is 12.0. The molecule has 106 valence electrons. The van der Waals surface area contributed by atoms with Gasteiger partial charge in [0.25, 0.3) is 10.0 Å². The minimum absolute atomic E-state index is 0.154. The van der Waals surface area contributed by atoms with Crippen molar-refractivity contribution in [3.63, 3.8) is 0 Å². The lowest BCUT2D eigenvalue weighted by atomic mass is 10.3. The minimum atomic E-state index is -3.55. The van der Waals surface area contributed by atoms with Gasteiger partial charge in [-0.25, -0.2) is 8.42 Å². The summed E-state index contributed by atoms with van der Waals surface area (Å²) in [5.41, 5.74) is 0. The number of morpholine rings is 1. The number of sulfonamides is 1. The van der Waals surface area contributed by atoms with Crippen LogP contribution in [0.15, 0.2) is 16.3 Å². The molecule has 1 aliphatic heterocycles. The summed E-state index contributed by atoms with van der Waals surface area (Å²) in [4.78, 5) is 11.1. The first-order chi connectivity index (χ1) is 8.91. The van der Waals surface area contributed by atoms with E-state index in [0.717, 1.165) is 11.3 Å². The summed E-state index contributed by atoms with van der Waals surface area (Å²) in [5, 5.41) is 8.70. The monoisotopic (exact) mass is 305 g/mol. The van der Waals surface area contributed by atoms with E-state index in [4.69, 9.17) is 9.84 Å². The molecule has 2 heterocycles. The Morgan fingerprint density at radius 2 is 2.32 bits per heavy atom. The maximum atomic E-state index is 12.4. The highest BCUT2D eigenvalue weighted by atomic mass is 32.2. The van der Waals surface area contributed by atoms with Crippen LogP contribution in [0, 0.1) is 0 Å². The second-order valence-electron chi connectivity index (χ2n) is 4.33. The van der Waals surface area contributed by atoms with E-state index in [0.29, 0.717) is 24.6 Å². The summed E-state index contributed by atoms with van der Waals surface area (Å²) in [7, 11) is -3.55. The molecule has 1 aliphatic rings. The van der Waals surface area contributed by atoms with Crippen molar-refractivity contribution in [2.24, 2.45) is 0 Å². The van der Waals surface area contributed by atoms with Crippen molar-refractivity contribution in [3.05, 3.63) is 17.0 Å². The number of aliphatic carboxylic acids is 1. The van der Waals surface area contributed by atoms with E-state index in [1.54, 1.807) is 13.0 Å². The van der Waals surface area contributed by atoms with Crippen LogP contribution in [0.3, 0.4) is 0 Å². The van der Waals surface area contributed by atoms with Gasteiger partial charge in [-0.3, -0.25) is 4.79 Å². The number of carboxylic acid groups (broad SMARTS) is 1. The predicted octanol–water partition coefficient (Wildman–Crippen LogP) is 0.785. The topological polar surface area (TPSA) is 83.9 Å². The van der Waals surface area contributed by atoms with Gasteiger partial charge in [0.05, 0.1) is 19.6 Å². The first-order valence-corrected chi connectivity index (χ1v) is 8.07. The van der Waals surface area contributed by atoms with Crippen LogP contribution in [0.1, 0.15) is 11.8 Å². The number of carbonyl (C=O) groups is 1. The molecule has 0 aliphatic carbocycles. The first-order valence-electron chi connectivity index (χ1n) is 5.81. The van der Waals surface area contributed by atoms with E-state index >= 15 is 0 Å². The molecule has 0 radical (unpaired) electrons. The third kappa shape index (κ3) is 3.14. The molecule has 1 aromatic rings. The summed E-state index contributed by atoms with van der Waals surface area (Å²) >= 11 is 1.01. The molecule has 1 unspecified atom stereocenters. The molecule has 0 spiro atoms. The Morgan fingerprint density at radius 3 is 2.95 bits per heavy atom. The zero-order valence-electron chi connectivity index (χ0n) is 10.4. The van der Waals surface area contributed by atoms with Crippen molar-refractivity contribution < 1.29 is 23.1 Å². The summed E-state index contributed by atoms with van der Waals surface area (Å²) in [6, 6.07) is 2.82. The van der Waals surface area contributed by atoms with Crippen LogP contribution in [-0.2, 0) is 26.0 Å². The molecule has 0 amide bonds. The van der Waals surface area contributed by atoms with Gasteiger partial charge in [-0.15, -0.1) is 11.3 Å². The molecule has 8 heteroatoms. The maximum Gasteiger partial charge on any atom is 0.308 e. The number of rotatable bonds is 4. The average molecular weight is 305 g/mol. The molecule has 2 rings (SSSR count). The van der Waals surface area contributed by atoms with Crippen LogP contribution in [0.2, 0.25) is 0 Å². The Bertz CT molecular complexity index is 565. The molecule has 1 N–H and O–H groups in total. The summed E-state index contributed by atoms with van der Waals surface area (Å²) in [6.07, 6.45) is -0.154. The molecule has 6 nitrogen and oxygen atoms in total. The molecule has 1 fully saturated rings. The first kappa shape index (κ1) is 14.4. The van der Waals surface area contributed by atoms with Crippen LogP contribution in [0.25, 0.3) is 0 Å². The Hall–Kier alpha value is -0.960. The number of hydrogen-bond donors (Lipinski definition) is 1. The van der Waals surface area contributed by atoms with Crippen LogP contribution in [0.5, 0.6) is 0 Å². The molecule has 19 heavy (non-hydrogen) atoms. The van der Waals surface area contributed by atoms with E-state index in [-0.39, 0.29) is 16.7 Å². The van der Waals surface area contributed by atoms with Gasteiger partial charge in [-0.1, -0.05) is 0 Å². The number of thiophene rings is 1. The number of ether oxygens (including phenoxy) is 1. The average Bonchev–Trinajstić information content (AvgIpc) is 2.77. The number of carboxylic acids is 1. The van der Waals surface area contributed by atoms with Crippen molar-refractivity contribution in [2.75, 3.05) is 19.8 Å². The van der Waals surface area contributed by atoms with E-state index in [1.165, 1.54) is 10.4 Å². The lowest BCUT2D eigenvalue weighted by Gasteiger charge is -2.31. The second-order valence-corrected chi connectivity index (χ2v) is 7.62. The van der Waals surface area contributed by atoms with E-state index in [2.05, 4.69) is 0 Å². The Balaban J connectivity index is 2.23. The highest BCUT2D eigenvalue weighted by molar-refractivity contribution is 7.91. The molecule has 0 aromatic carbocycles. The minimum Gasteiger partial charge on any atom is -0.481 e. The largest absolute Gasteiger partial charge is 0.481 e. The molecule has 0 bridgehead atoms. The SMILES string of the molecule is CC1COCCN1S(=O)(=O)c1ccc(CC(=O)O)s1. The van der Waals surface area contributed by atoms with E-state index < -0.39 is 16.0 Å². The highest BCUT2D eigenvalue weighted by Gasteiger charge is 2.32. The fraction of sp³-hybridized carbons (Fsp3) is 0.545. The van der Waals surface area contributed by atoms with Gasteiger partial charge in [0.1, 0.15) is 4.21 Å². The van der Waals surface area contributed by atoms with E-state index in [1.807, 2.05) is 0 Å². The predicted molar refractivity (Wildman–Crippen MR) is 69.8 cm³/mol. The second kappa shape index (κ2) is 5.58. The fourth-order valence-corrected chi connectivity index (χ4v) is 5.00. The van der Waals surface area contributed by atoms with Gasteiger partial charge in [0.2, 0.25) is 0 Å². The van der Waals surface area contributed by atoms with Gasteiger partial charge in [-0.2, -0.15) is 4.31 Å². The molecular formula is C11H15NO5S2. The quantitative estimate of drug-likeness (QED) is 0.889. The third-order valence-electron chi connectivity index (χ3n) is 2.83. The van der Waals surface area contributed by atoms with Crippen LogP contribution >= 0.6 is 11.3 Å². The van der Waals surface area contributed by atoms with Crippen LogP contribution < -0.4 is 0 Å². The third-order valence-corrected chi connectivity index (χ3v) is 6.40. The lowest BCUT2D eigenvalue weighted by Crippen LogP contribution is -2.46. The molecule has 1 atom stereocenters. The van der Waals surface area contributed by atoms with Gasteiger partial charge < -0.3 is 9.84 Å². The number of hydrogen-bond acceptors (Lipinski definition) is 5. The molecule has 1 saturated heterocycles. The van der Waals surface area contributed by atoms with Crippen molar-refractivity contribution in [2.45, 2.75) is 23.6 Å². The van der Waals surface area contributed by atoms with Crippen molar-refractivity contribution >= 4 is 27.3 Å². The normalized spacial score (nSPS) is 21.4. The lowest BCUT2D eigenvalue weighted by molar-refractivity contribution is -0.136. The molecule has 0 saturated carbocycles. The summed E-state index contributed by atoms with van der Waals surface area (Å²) in [5.74, 6) is -0.967. The van der Waals surface area contributed by atoms with Gasteiger partial charge in [0, 0.05) is 17.5 Å². The van der Waals surface area contributed by atoms with E-state index in [9.17, 15) is 13.2 Å². The molecule has 1 aromatic heterocycles. The highest BCUT2D eigenvalue weighted by Crippen LogP contribution is 2.27. The van der Waals surface area contributed by atoms with Gasteiger partial charge in [0.15, 0.2) is 0 Å². The summed E-state index contributed by atoms with van der Waals surface area (Å²) < 4.78 is 31.7. The van der Waals surface area contributed by atoms with Crippen LogP contribution in [0.4, 0.5) is 0 Å². The van der Waals surface area contributed by atoms with Gasteiger partial charge >= 0.3 is 5.97 Å². The Morgan fingerprint density at radius 1 is 1.58 bits per heavy atom. The fourth-order valence-electron chi connectivity index (χ4n) is 1.93. The maximum absolute atomic E-state index is 12.4. The van der Waals surface area contributed by atoms with Crippen molar-refractivity contribution in [1.82, 2.24) is 4.31 Å². The Labute approximate surface area is 115 Å². The van der Waals surface area contributed by atoms with Crippen molar-refractivity contribution in [3.8, 4) is 0 Å². The smallest absolute Gasteiger partial charge is 0.308 e. The van der Waals surface area contributed by atoms with Gasteiger partial charge in [-0.05, 0) is 19.1 Å².